The molecule has 0 amide bonds. The number of aromatic nitrogens is 1. The highest BCUT2D eigenvalue weighted by Crippen LogP contribution is 2.70. The first-order valence-corrected chi connectivity index (χ1v) is 21.7. The van der Waals surface area contributed by atoms with E-state index in [1.165, 1.54) is 39.1 Å². The van der Waals surface area contributed by atoms with Crippen LogP contribution in [0.15, 0.2) is 18.3 Å². The number of rotatable bonds is 6. The zero-order valence-electron chi connectivity index (χ0n) is 38.7. The number of esters is 9. The third-order valence-electron chi connectivity index (χ3n) is 13.8. The second-order valence-corrected chi connectivity index (χ2v) is 18.2. The Labute approximate surface area is 384 Å². The molecule has 22 nitrogen and oxygen atoms in total. The predicted octanol–water partition coefficient (Wildman–Crippen LogP) is 1.17. The number of methoxy groups -OCH3 is 1. The summed E-state index contributed by atoms with van der Waals surface area (Å²) >= 11 is 0. The van der Waals surface area contributed by atoms with Crippen LogP contribution in [0.1, 0.15) is 104 Å². The Morgan fingerprint density at radius 3 is 2.00 bits per heavy atom. The molecule has 1 N–H and O–H groups in total. The number of carbonyl (C=O) groups is 10. The van der Waals surface area contributed by atoms with E-state index < -0.39 is 174 Å². The highest BCUT2D eigenvalue weighted by atomic mass is 16.7. The van der Waals surface area contributed by atoms with Gasteiger partial charge in [0.15, 0.2) is 30.0 Å². The Hall–Kier alpha value is -6.03. The van der Waals surface area contributed by atoms with Gasteiger partial charge in [-0.2, -0.15) is 0 Å². The first-order valence-electron chi connectivity index (χ1n) is 21.7. The Kier molecular flexibility index (Phi) is 14.0. The van der Waals surface area contributed by atoms with Gasteiger partial charge in [0.2, 0.25) is 0 Å². The van der Waals surface area contributed by atoms with E-state index in [2.05, 4.69) is 4.98 Å². The third kappa shape index (κ3) is 8.50. The number of carbonyl (C=O) groups excluding carboxylic acids is 10. The molecule has 4 fully saturated rings. The molecule has 3 aliphatic heterocycles. The average Bonchev–Trinajstić information content (AvgIpc) is 3.47. The maximum Gasteiger partial charge on any atom is 0.340 e. The molecule has 1 aromatic rings. The second-order valence-electron chi connectivity index (χ2n) is 18.2. The summed E-state index contributed by atoms with van der Waals surface area (Å²) in [4.78, 5) is 143. The molecular weight excluding hydrogens is 890 g/mol. The van der Waals surface area contributed by atoms with Crippen molar-refractivity contribution in [3.8, 4) is 0 Å². The molecule has 2 aliphatic carbocycles. The van der Waals surface area contributed by atoms with Gasteiger partial charge in [0.25, 0.3) is 0 Å². The monoisotopic (exact) mass is 945 g/mol. The van der Waals surface area contributed by atoms with Crippen LogP contribution < -0.4 is 0 Å². The molecule has 366 valence electrons. The molecule has 4 heterocycles. The molecule has 4 unspecified atom stereocenters. The van der Waals surface area contributed by atoms with Crippen LogP contribution in [0, 0.1) is 29.1 Å². The van der Waals surface area contributed by atoms with Gasteiger partial charge in [-0.1, -0.05) is 20.8 Å². The first-order chi connectivity index (χ1) is 31.3. The topological polar surface area (TPSA) is 296 Å². The lowest BCUT2D eigenvalue weighted by Crippen LogP contribution is -2.89. The summed E-state index contributed by atoms with van der Waals surface area (Å²) in [5, 5.41) is 13.7. The smallest absolute Gasteiger partial charge is 0.340 e. The van der Waals surface area contributed by atoms with Crippen LogP contribution in [0.5, 0.6) is 0 Å². The van der Waals surface area contributed by atoms with Gasteiger partial charge in [-0.15, -0.1) is 0 Å². The highest BCUT2D eigenvalue weighted by Gasteiger charge is 2.92. The van der Waals surface area contributed by atoms with Gasteiger partial charge in [0, 0.05) is 46.2 Å². The van der Waals surface area contributed by atoms with E-state index in [0.29, 0.717) is 0 Å². The number of aliphatic hydroxyl groups is 1. The predicted molar refractivity (Wildman–Crippen MR) is 217 cm³/mol. The van der Waals surface area contributed by atoms with Crippen LogP contribution in [-0.2, 0) is 90.5 Å². The summed E-state index contributed by atoms with van der Waals surface area (Å²) in [6.07, 6.45) is -13.2. The van der Waals surface area contributed by atoms with Gasteiger partial charge < -0.3 is 52.5 Å². The molecule has 15 atom stereocenters. The van der Waals surface area contributed by atoms with E-state index in [9.17, 15) is 53.1 Å². The number of nitrogens with zero attached hydrogens (tertiary/aromatic N) is 1. The molecule has 22 heteroatoms. The van der Waals surface area contributed by atoms with Crippen molar-refractivity contribution >= 4 is 59.5 Å². The summed E-state index contributed by atoms with van der Waals surface area (Å²) in [6.45, 7) is 8.31. The summed E-state index contributed by atoms with van der Waals surface area (Å²) in [5.74, 6) is -17.9. The Morgan fingerprint density at radius 2 is 1.39 bits per heavy atom. The number of fused-ring (bicyclic) bond motifs is 7. The van der Waals surface area contributed by atoms with Crippen LogP contribution in [0.3, 0.4) is 0 Å². The lowest BCUT2D eigenvalue weighted by atomic mass is 9.45. The highest BCUT2D eigenvalue weighted by molar-refractivity contribution is 6.01. The fourth-order valence-electron chi connectivity index (χ4n) is 10.6. The Balaban J connectivity index is 1.81. The van der Waals surface area contributed by atoms with Crippen molar-refractivity contribution in [2.45, 2.75) is 141 Å². The fraction of sp³-hybridized carbons (Fsp3) is 0.667. The molecule has 2 saturated heterocycles. The van der Waals surface area contributed by atoms with Crippen molar-refractivity contribution in [3.63, 3.8) is 0 Å². The number of hydrogen-bond donors (Lipinski definition) is 1. The van der Waals surface area contributed by atoms with Crippen LogP contribution in [0.25, 0.3) is 0 Å². The quantitative estimate of drug-likeness (QED) is 0.238. The van der Waals surface area contributed by atoms with E-state index in [1.807, 2.05) is 0 Å². The summed E-state index contributed by atoms with van der Waals surface area (Å²) < 4.78 is 60.5. The number of ether oxygens (including phenoxy) is 10. The Bertz CT molecular complexity index is 2240. The third-order valence-corrected chi connectivity index (χ3v) is 13.8. The first kappa shape index (κ1) is 50.4. The molecule has 1 aromatic heterocycles. The molecule has 2 spiro atoms. The van der Waals surface area contributed by atoms with Crippen molar-refractivity contribution < 1.29 is 100 Å². The van der Waals surface area contributed by atoms with E-state index >= 15 is 0 Å². The van der Waals surface area contributed by atoms with Crippen molar-refractivity contribution in [1.29, 1.82) is 0 Å². The average molecular weight is 946 g/mol. The van der Waals surface area contributed by atoms with Gasteiger partial charge >= 0.3 is 53.7 Å². The fourth-order valence-corrected chi connectivity index (χ4v) is 10.6. The maximum absolute atomic E-state index is 14.6. The normalized spacial score (nSPS) is 38.6. The van der Waals surface area contributed by atoms with Gasteiger partial charge in [0.1, 0.15) is 53.7 Å². The van der Waals surface area contributed by atoms with E-state index in [0.717, 1.165) is 41.7 Å². The van der Waals surface area contributed by atoms with E-state index in [-0.39, 0.29) is 17.7 Å². The molecule has 67 heavy (non-hydrogen) atoms. The van der Waals surface area contributed by atoms with Crippen LogP contribution >= 0.6 is 0 Å². The molecule has 5 aliphatic rings. The van der Waals surface area contributed by atoms with Crippen molar-refractivity contribution in [2.75, 3.05) is 20.3 Å². The van der Waals surface area contributed by atoms with Gasteiger partial charge in [-0.3, -0.25) is 48.1 Å². The second kappa shape index (κ2) is 18.6. The lowest BCUT2D eigenvalue weighted by molar-refractivity contribution is -0.387. The molecule has 2 saturated carbocycles. The van der Waals surface area contributed by atoms with Gasteiger partial charge in [0.05, 0.1) is 42.5 Å². The van der Waals surface area contributed by atoms with E-state index in [1.54, 1.807) is 6.92 Å². The lowest BCUT2D eigenvalue weighted by Gasteiger charge is -2.67. The van der Waals surface area contributed by atoms with Gasteiger partial charge in [-0.25, -0.2) is 4.79 Å². The molecule has 0 aromatic carbocycles. The number of hydrogen-bond acceptors (Lipinski definition) is 22. The number of pyridine rings is 1. The molecule has 6 rings (SSSR count). The SMILES string of the molecule is COC(=O)CC1C(=O)CCC(C)C(=O)O[C@H]2[C@H]3[C@@H](OC(C)=O)[C@@]45O[C@@]3(C)COC(=O)c3cccnc3C(C)C(C)C(=O)O[C@@H]([C@H](OC(C)=O)[C@H](OC(C)=O)[C@@]4(COC1=O)[C@@H]2OC(C)=O)[C@]5(C)O. The molecule has 0 radical (unpaired) electrons. The van der Waals surface area contributed by atoms with E-state index in [4.69, 9.17) is 47.4 Å². The van der Waals surface area contributed by atoms with Gasteiger partial charge in [-0.05, 0) is 32.4 Å². The van der Waals surface area contributed by atoms with Crippen molar-refractivity contribution in [3.05, 3.63) is 29.6 Å². The molecule has 6 bridgehead atoms. The number of Topliss-reactive ketones (excluding diaryl/α,β-unsaturated/α-hetero) is 1. The minimum absolute atomic E-state index is 0.0891. The van der Waals surface area contributed by atoms with Crippen LogP contribution in [0.2, 0.25) is 0 Å². The summed E-state index contributed by atoms with van der Waals surface area (Å²) in [6, 6.07) is 2.84. The largest absolute Gasteiger partial charge is 0.469 e. The van der Waals surface area contributed by atoms with Crippen molar-refractivity contribution in [1.82, 2.24) is 4.98 Å². The van der Waals surface area contributed by atoms with Crippen LogP contribution in [-0.4, -0.2) is 143 Å². The standard InChI is InChI=1S/C45H55NO21/c1-19-13-14-28(51)27(16-29(52)58-10)41(56)60-18-44-36(63-24(6)49)32(65-38(19)53)30-34(62-23(5)48)45(44)43(9,57)35(33(61-22(4)47)37(44)64-25(7)50)66-39(54)21(3)20(2)31-26(12-11-15-46-31)40(55)59-17-42(30,8)67-45/h11-12,15,19-21,27,30,32-37,57H,13-14,16-18H2,1-10H3/t19?,20?,21?,27?,30-,32-,33-,34+,35-,36+,37-,42-,43-,44+,45-/m0/s1. The van der Waals surface area contributed by atoms with Crippen LogP contribution in [0.4, 0.5) is 0 Å². The van der Waals surface area contributed by atoms with Crippen molar-refractivity contribution in [2.24, 2.45) is 29.1 Å². The number of cyclic esters (lactones) is 2. The Morgan fingerprint density at radius 1 is 0.776 bits per heavy atom. The minimum atomic E-state index is -2.98. The maximum atomic E-state index is 14.6. The summed E-state index contributed by atoms with van der Waals surface area (Å²) in [7, 11) is 1.01. The number of ketones is 1. The zero-order valence-corrected chi connectivity index (χ0v) is 38.7. The summed E-state index contributed by atoms with van der Waals surface area (Å²) in [5.41, 5.74) is -11.0. The minimum Gasteiger partial charge on any atom is -0.469 e. The molecular formula is C45H55NO21. The zero-order chi connectivity index (χ0) is 49.7.